The lowest BCUT2D eigenvalue weighted by molar-refractivity contribution is -0.121. The van der Waals surface area contributed by atoms with Crippen molar-refractivity contribution >= 4 is 56.5 Å². The number of amides is 1. The number of phenols is 1. The van der Waals surface area contributed by atoms with Gasteiger partial charge in [0.25, 0.3) is 5.91 Å². The van der Waals surface area contributed by atoms with E-state index < -0.39 is 5.97 Å². The number of hydrogen-bond donors (Lipinski definition) is 2. The average molecular weight is 433 g/mol. The highest BCUT2D eigenvalue weighted by Gasteiger charge is 2.30. The molecule has 1 aliphatic rings. The number of carbonyl (C=O) groups is 2. The first kappa shape index (κ1) is 18.2. The molecule has 2 N–H and O–H groups in total. The van der Waals surface area contributed by atoms with Crippen molar-refractivity contribution in [1.29, 1.82) is 0 Å². The quantitative estimate of drug-likeness (QED) is 0.712. The summed E-state index contributed by atoms with van der Waals surface area (Å²) in [5.74, 6) is -1.77. The second-order valence-corrected chi connectivity index (χ2v) is 7.36. The van der Waals surface area contributed by atoms with E-state index in [1.807, 2.05) is 24.3 Å². The molecule has 0 spiro atoms. The predicted octanol–water partition coefficient (Wildman–Crippen LogP) is 4.09. The van der Waals surface area contributed by atoms with E-state index in [1.54, 1.807) is 13.1 Å². The summed E-state index contributed by atoms with van der Waals surface area (Å²) in [6, 6.07) is 11.6. The molecule has 0 aromatic heterocycles. The van der Waals surface area contributed by atoms with Crippen molar-refractivity contribution in [2.75, 3.05) is 7.05 Å². The molecule has 1 saturated heterocycles. The van der Waals surface area contributed by atoms with Crippen molar-refractivity contribution in [1.82, 2.24) is 4.90 Å². The van der Waals surface area contributed by atoms with Crippen LogP contribution in [0, 0.1) is 0 Å². The Balaban J connectivity index is 1.90. The largest absolute Gasteiger partial charge is 0.507 e. The van der Waals surface area contributed by atoms with E-state index in [0.29, 0.717) is 15.8 Å². The van der Waals surface area contributed by atoms with Crippen molar-refractivity contribution in [3.05, 3.63) is 63.0 Å². The molecular formula is C18H13BrN2O4S. The van der Waals surface area contributed by atoms with E-state index in [0.717, 1.165) is 10.0 Å². The number of likely N-dealkylation sites (N-methyl/N-ethyl adjacent to an activating group) is 1. The predicted molar refractivity (Wildman–Crippen MR) is 105 cm³/mol. The summed E-state index contributed by atoms with van der Waals surface area (Å²) < 4.78 is 0.915. The van der Waals surface area contributed by atoms with Crippen LogP contribution in [0.5, 0.6) is 5.75 Å². The van der Waals surface area contributed by atoms with Gasteiger partial charge >= 0.3 is 5.97 Å². The highest BCUT2D eigenvalue weighted by atomic mass is 79.9. The molecule has 0 unspecified atom stereocenters. The van der Waals surface area contributed by atoms with Crippen LogP contribution in [-0.2, 0) is 4.79 Å². The lowest BCUT2D eigenvalue weighted by Gasteiger charge is -2.07. The Morgan fingerprint density at radius 3 is 2.69 bits per heavy atom. The topological polar surface area (TPSA) is 90.2 Å². The van der Waals surface area contributed by atoms with Gasteiger partial charge in [-0.05, 0) is 47.7 Å². The monoisotopic (exact) mass is 432 g/mol. The van der Waals surface area contributed by atoms with Crippen molar-refractivity contribution in [3.63, 3.8) is 0 Å². The summed E-state index contributed by atoms with van der Waals surface area (Å²) >= 11 is 4.61. The van der Waals surface area contributed by atoms with Crippen LogP contribution < -0.4 is 0 Å². The van der Waals surface area contributed by atoms with Crippen molar-refractivity contribution < 1.29 is 19.8 Å². The summed E-state index contributed by atoms with van der Waals surface area (Å²) in [7, 11) is 1.61. The van der Waals surface area contributed by atoms with Gasteiger partial charge in [-0.15, -0.1) is 0 Å². The molecule has 1 aliphatic heterocycles. The summed E-state index contributed by atoms with van der Waals surface area (Å²) in [6.07, 6.45) is 1.78. The zero-order valence-electron chi connectivity index (χ0n) is 13.5. The molecular weight excluding hydrogens is 420 g/mol. The molecule has 132 valence electrons. The molecule has 2 aromatic carbocycles. The number of rotatable bonds is 3. The number of carbonyl (C=O) groups excluding carboxylic acids is 1. The number of carboxylic acids is 1. The van der Waals surface area contributed by atoms with Gasteiger partial charge in [0.1, 0.15) is 11.3 Å². The molecule has 0 radical (unpaired) electrons. The molecule has 8 heteroatoms. The first-order valence-electron chi connectivity index (χ1n) is 7.43. The van der Waals surface area contributed by atoms with Gasteiger partial charge < -0.3 is 10.2 Å². The van der Waals surface area contributed by atoms with Crippen LogP contribution in [0.3, 0.4) is 0 Å². The number of halogens is 1. The fourth-order valence-corrected chi connectivity index (χ4v) is 3.68. The number of hydrogen-bond acceptors (Lipinski definition) is 5. The Morgan fingerprint density at radius 1 is 1.27 bits per heavy atom. The van der Waals surface area contributed by atoms with Crippen molar-refractivity contribution in [3.8, 4) is 5.75 Å². The third kappa shape index (κ3) is 3.81. The molecule has 0 bridgehead atoms. The highest BCUT2D eigenvalue weighted by molar-refractivity contribution is 9.10. The van der Waals surface area contributed by atoms with Crippen molar-refractivity contribution in [2.45, 2.75) is 0 Å². The Hall–Kier alpha value is -2.58. The lowest BCUT2D eigenvalue weighted by atomic mass is 10.2. The van der Waals surface area contributed by atoms with Gasteiger partial charge in [0, 0.05) is 17.6 Å². The fraction of sp³-hybridized carbons (Fsp3) is 0.0556. The smallest absolute Gasteiger partial charge is 0.339 e. The molecule has 6 nitrogen and oxygen atoms in total. The van der Waals surface area contributed by atoms with Crippen LogP contribution in [0.4, 0.5) is 5.69 Å². The van der Waals surface area contributed by atoms with Crippen LogP contribution >= 0.6 is 27.7 Å². The van der Waals surface area contributed by atoms with Crippen LogP contribution in [-0.4, -0.2) is 39.2 Å². The van der Waals surface area contributed by atoms with Gasteiger partial charge in [-0.2, -0.15) is 0 Å². The minimum atomic E-state index is -1.22. The van der Waals surface area contributed by atoms with E-state index in [2.05, 4.69) is 20.9 Å². The maximum Gasteiger partial charge on any atom is 0.339 e. The maximum atomic E-state index is 12.4. The van der Waals surface area contributed by atoms with Gasteiger partial charge in [0.05, 0.1) is 10.6 Å². The Labute approximate surface area is 162 Å². The second-order valence-electron chi connectivity index (χ2n) is 5.43. The molecule has 26 heavy (non-hydrogen) atoms. The summed E-state index contributed by atoms with van der Waals surface area (Å²) in [6.45, 7) is 0. The molecule has 3 rings (SSSR count). The molecule has 0 atom stereocenters. The molecule has 1 amide bonds. The third-order valence-corrected chi connectivity index (χ3v) is 5.14. The van der Waals surface area contributed by atoms with E-state index in [9.17, 15) is 14.7 Å². The molecule has 1 heterocycles. The molecule has 0 aliphatic carbocycles. The SMILES string of the molecule is CN1C(=O)/C(=C/c2cccc(Br)c2)SC1=Nc1ccc(C(=O)O)c(O)c1. The molecule has 0 saturated carbocycles. The first-order chi connectivity index (χ1) is 12.3. The van der Waals surface area contributed by atoms with Crippen LogP contribution in [0.1, 0.15) is 15.9 Å². The van der Waals surface area contributed by atoms with Gasteiger partial charge in [0.2, 0.25) is 0 Å². The van der Waals surface area contributed by atoms with Gasteiger partial charge in [-0.3, -0.25) is 9.69 Å². The summed E-state index contributed by atoms with van der Waals surface area (Å²) in [5.41, 5.74) is 1.04. The number of aliphatic imine (C=N–C) groups is 1. The summed E-state index contributed by atoms with van der Waals surface area (Å²) in [5, 5.41) is 19.2. The zero-order valence-corrected chi connectivity index (χ0v) is 15.9. The Kier molecular flexibility index (Phi) is 5.15. The zero-order chi connectivity index (χ0) is 18.8. The number of amidine groups is 1. The highest BCUT2D eigenvalue weighted by Crippen LogP contribution is 2.34. The molecule has 1 fully saturated rings. The van der Waals surface area contributed by atoms with Gasteiger partial charge in [-0.1, -0.05) is 28.1 Å². The second kappa shape index (κ2) is 7.35. The van der Waals surface area contributed by atoms with Crippen LogP contribution in [0.2, 0.25) is 0 Å². The van der Waals surface area contributed by atoms with E-state index in [1.165, 1.54) is 34.9 Å². The fourth-order valence-electron chi connectivity index (χ4n) is 2.28. The Morgan fingerprint density at radius 2 is 2.04 bits per heavy atom. The number of aromatic hydroxyl groups is 1. The van der Waals surface area contributed by atoms with E-state index >= 15 is 0 Å². The average Bonchev–Trinajstić information content (AvgIpc) is 2.83. The van der Waals surface area contributed by atoms with Crippen LogP contribution in [0.15, 0.2) is 56.8 Å². The number of carboxylic acid groups (broad SMARTS) is 1. The van der Waals surface area contributed by atoms with Crippen molar-refractivity contribution in [2.24, 2.45) is 4.99 Å². The van der Waals surface area contributed by atoms with Crippen LogP contribution in [0.25, 0.3) is 6.08 Å². The van der Waals surface area contributed by atoms with Gasteiger partial charge in [-0.25, -0.2) is 9.79 Å². The summed E-state index contributed by atoms with van der Waals surface area (Å²) in [4.78, 5) is 29.7. The first-order valence-corrected chi connectivity index (χ1v) is 9.04. The molecule has 2 aromatic rings. The van der Waals surface area contributed by atoms with Gasteiger partial charge in [0.15, 0.2) is 5.17 Å². The Bertz CT molecular complexity index is 971. The lowest BCUT2D eigenvalue weighted by Crippen LogP contribution is -2.23. The number of nitrogens with zero attached hydrogens (tertiary/aromatic N) is 2. The minimum absolute atomic E-state index is 0.180. The number of thioether (sulfide) groups is 1. The maximum absolute atomic E-state index is 12.4. The minimum Gasteiger partial charge on any atom is -0.507 e. The third-order valence-electron chi connectivity index (χ3n) is 3.59. The standard InChI is InChI=1S/C18H13BrN2O4S/c1-21-16(23)15(8-10-3-2-4-11(19)7-10)26-18(21)20-12-5-6-13(17(24)25)14(22)9-12/h2-9,22H,1H3,(H,24,25)/b15-8-,20-18?. The van der Waals surface area contributed by atoms with E-state index in [-0.39, 0.29) is 17.2 Å². The van der Waals surface area contributed by atoms with E-state index in [4.69, 9.17) is 5.11 Å². The normalized spacial score (nSPS) is 17.3. The number of aromatic carboxylic acids is 1. The number of benzene rings is 2.